The van der Waals surface area contributed by atoms with Crippen LogP contribution in [0.3, 0.4) is 0 Å². The van der Waals surface area contributed by atoms with E-state index in [9.17, 15) is 0 Å². The van der Waals surface area contributed by atoms with Crippen molar-refractivity contribution in [2.75, 3.05) is 0 Å². The Hall–Kier alpha value is -0.670. The summed E-state index contributed by atoms with van der Waals surface area (Å²) in [6.45, 7) is 6.27. The molecule has 1 aromatic carbocycles. The maximum absolute atomic E-state index is 4.54. The largest absolute Gasteiger partial charge is 0.240 e. The molecule has 78 valence electrons. The SMILES string of the molecule is Cc1ccc(-c2nc(C)sc2Br)c(C)c1. The van der Waals surface area contributed by atoms with Crippen LogP contribution in [0, 0.1) is 20.8 Å². The number of benzene rings is 1. The molecule has 0 unspecified atom stereocenters. The molecule has 0 N–H and O–H groups in total. The minimum absolute atomic E-state index is 1.06. The average Bonchev–Trinajstić information content (AvgIpc) is 2.45. The van der Waals surface area contributed by atoms with Crippen LogP contribution in [-0.2, 0) is 0 Å². The second-order valence-electron chi connectivity index (χ2n) is 3.67. The third kappa shape index (κ3) is 2.13. The number of aryl methyl sites for hydroxylation is 3. The summed E-state index contributed by atoms with van der Waals surface area (Å²) in [5.74, 6) is 0. The van der Waals surface area contributed by atoms with Crippen LogP contribution in [0.2, 0.25) is 0 Å². The molecule has 0 fully saturated rings. The first-order valence-corrected chi connectivity index (χ1v) is 6.39. The zero-order valence-electron chi connectivity index (χ0n) is 8.97. The molecule has 2 rings (SSSR count). The number of nitrogens with zero attached hydrogens (tertiary/aromatic N) is 1. The van der Waals surface area contributed by atoms with Crippen molar-refractivity contribution >= 4 is 27.3 Å². The molecule has 1 aromatic heterocycles. The molecule has 1 heterocycles. The molecular weight excluding hydrogens is 270 g/mol. The highest BCUT2D eigenvalue weighted by Crippen LogP contribution is 2.34. The molecule has 3 heteroatoms. The lowest BCUT2D eigenvalue weighted by Crippen LogP contribution is -1.85. The van der Waals surface area contributed by atoms with Gasteiger partial charge in [-0.3, -0.25) is 0 Å². The summed E-state index contributed by atoms with van der Waals surface area (Å²) >= 11 is 5.25. The maximum atomic E-state index is 4.54. The standard InChI is InChI=1S/C12H12BrNS/c1-7-4-5-10(8(2)6-7)11-12(13)15-9(3)14-11/h4-6H,1-3H3. The number of thiazole rings is 1. The van der Waals surface area contributed by atoms with Crippen LogP contribution in [-0.4, -0.2) is 4.98 Å². The second kappa shape index (κ2) is 4.06. The molecule has 2 aromatic rings. The van der Waals surface area contributed by atoms with Crippen molar-refractivity contribution < 1.29 is 0 Å². The summed E-state index contributed by atoms with van der Waals surface area (Å²) in [4.78, 5) is 4.54. The molecular formula is C12H12BrNS. The minimum atomic E-state index is 1.06. The van der Waals surface area contributed by atoms with Gasteiger partial charge < -0.3 is 0 Å². The molecule has 1 nitrogen and oxygen atoms in total. The van der Waals surface area contributed by atoms with Crippen LogP contribution in [0.25, 0.3) is 11.3 Å². The Morgan fingerprint density at radius 2 is 1.93 bits per heavy atom. The Kier molecular flexibility index (Phi) is 2.94. The first kappa shape index (κ1) is 10.8. The number of rotatable bonds is 1. The molecule has 0 atom stereocenters. The molecule has 0 saturated carbocycles. The predicted octanol–water partition coefficient (Wildman–Crippen LogP) is 4.50. The highest BCUT2D eigenvalue weighted by Gasteiger charge is 2.10. The lowest BCUT2D eigenvalue weighted by molar-refractivity contribution is 1.27. The number of hydrogen-bond acceptors (Lipinski definition) is 2. The van der Waals surface area contributed by atoms with Crippen molar-refractivity contribution in [2.24, 2.45) is 0 Å². The van der Waals surface area contributed by atoms with Crippen LogP contribution in [0.15, 0.2) is 22.0 Å². The molecule has 0 bridgehead atoms. The quantitative estimate of drug-likeness (QED) is 0.750. The Bertz CT molecular complexity index is 502. The van der Waals surface area contributed by atoms with Gasteiger partial charge in [-0.25, -0.2) is 4.98 Å². The first-order chi connectivity index (χ1) is 7.08. The molecule has 0 aliphatic heterocycles. The fraction of sp³-hybridized carbons (Fsp3) is 0.250. The fourth-order valence-corrected chi connectivity index (χ4v) is 3.30. The van der Waals surface area contributed by atoms with Crippen molar-refractivity contribution in [2.45, 2.75) is 20.8 Å². The minimum Gasteiger partial charge on any atom is -0.240 e. The van der Waals surface area contributed by atoms with E-state index >= 15 is 0 Å². The van der Waals surface area contributed by atoms with Crippen molar-refractivity contribution in [3.8, 4) is 11.3 Å². The summed E-state index contributed by atoms with van der Waals surface area (Å²) < 4.78 is 1.12. The van der Waals surface area contributed by atoms with Crippen molar-refractivity contribution in [1.82, 2.24) is 4.98 Å². The van der Waals surface area contributed by atoms with Gasteiger partial charge in [-0.05, 0) is 42.3 Å². The highest BCUT2D eigenvalue weighted by atomic mass is 79.9. The van der Waals surface area contributed by atoms with Gasteiger partial charge in [0.25, 0.3) is 0 Å². The predicted molar refractivity (Wildman–Crippen MR) is 69.5 cm³/mol. The molecule has 0 aliphatic rings. The Morgan fingerprint density at radius 3 is 2.47 bits per heavy atom. The lowest BCUT2D eigenvalue weighted by Gasteiger charge is -2.04. The zero-order valence-corrected chi connectivity index (χ0v) is 11.4. The summed E-state index contributed by atoms with van der Waals surface area (Å²) in [6, 6.07) is 6.46. The van der Waals surface area contributed by atoms with Gasteiger partial charge in [0.05, 0.1) is 14.5 Å². The monoisotopic (exact) mass is 281 g/mol. The smallest absolute Gasteiger partial charge is 0.0979 e. The van der Waals surface area contributed by atoms with E-state index in [1.165, 1.54) is 16.7 Å². The van der Waals surface area contributed by atoms with Gasteiger partial charge in [0.2, 0.25) is 0 Å². The van der Waals surface area contributed by atoms with Gasteiger partial charge >= 0.3 is 0 Å². The lowest BCUT2D eigenvalue weighted by atomic mass is 10.0. The van der Waals surface area contributed by atoms with Gasteiger partial charge in [-0.1, -0.05) is 23.8 Å². The van der Waals surface area contributed by atoms with E-state index < -0.39 is 0 Å². The van der Waals surface area contributed by atoms with Crippen molar-refractivity contribution in [3.63, 3.8) is 0 Å². The van der Waals surface area contributed by atoms with E-state index in [0.717, 1.165) is 14.5 Å². The summed E-state index contributed by atoms with van der Waals surface area (Å²) in [6.07, 6.45) is 0. The van der Waals surface area contributed by atoms with E-state index in [4.69, 9.17) is 0 Å². The van der Waals surface area contributed by atoms with Gasteiger partial charge in [0.15, 0.2) is 0 Å². The zero-order chi connectivity index (χ0) is 11.0. The Labute approximate surface area is 102 Å². The number of aromatic nitrogens is 1. The average molecular weight is 282 g/mol. The van der Waals surface area contributed by atoms with Crippen LogP contribution in [0.1, 0.15) is 16.1 Å². The Morgan fingerprint density at radius 1 is 1.20 bits per heavy atom. The van der Waals surface area contributed by atoms with E-state index in [0.29, 0.717) is 0 Å². The molecule has 0 amide bonds. The van der Waals surface area contributed by atoms with Gasteiger partial charge in [-0.2, -0.15) is 0 Å². The molecule has 0 aliphatic carbocycles. The molecule has 0 saturated heterocycles. The number of hydrogen-bond donors (Lipinski definition) is 0. The van der Waals surface area contributed by atoms with Crippen LogP contribution in [0.4, 0.5) is 0 Å². The van der Waals surface area contributed by atoms with Crippen LogP contribution >= 0.6 is 27.3 Å². The fourth-order valence-electron chi connectivity index (χ4n) is 1.65. The molecule has 0 spiro atoms. The Balaban J connectivity index is 2.59. The number of halogens is 1. The van der Waals surface area contributed by atoms with E-state index in [-0.39, 0.29) is 0 Å². The van der Waals surface area contributed by atoms with Crippen LogP contribution in [0.5, 0.6) is 0 Å². The third-order valence-corrected chi connectivity index (χ3v) is 3.95. The summed E-state index contributed by atoms with van der Waals surface area (Å²) in [5.41, 5.74) is 4.85. The van der Waals surface area contributed by atoms with E-state index in [1.54, 1.807) is 11.3 Å². The molecule has 15 heavy (non-hydrogen) atoms. The van der Waals surface area contributed by atoms with Crippen molar-refractivity contribution in [1.29, 1.82) is 0 Å². The topological polar surface area (TPSA) is 12.9 Å². The third-order valence-electron chi connectivity index (χ3n) is 2.33. The normalized spacial score (nSPS) is 10.7. The van der Waals surface area contributed by atoms with E-state index in [1.807, 2.05) is 6.92 Å². The van der Waals surface area contributed by atoms with Crippen LogP contribution < -0.4 is 0 Å². The van der Waals surface area contributed by atoms with Gasteiger partial charge in [0.1, 0.15) is 0 Å². The van der Waals surface area contributed by atoms with Gasteiger partial charge in [0, 0.05) is 5.56 Å². The first-order valence-electron chi connectivity index (χ1n) is 4.78. The van der Waals surface area contributed by atoms with E-state index in [2.05, 4.69) is 53.0 Å². The maximum Gasteiger partial charge on any atom is 0.0979 e. The summed E-state index contributed by atoms with van der Waals surface area (Å²) in [7, 11) is 0. The van der Waals surface area contributed by atoms with Gasteiger partial charge in [-0.15, -0.1) is 11.3 Å². The second-order valence-corrected chi connectivity index (χ2v) is 6.19. The highest BCUT2D eigenvalue weighted by molar-refractivity contribution is 9.11. The van der Waals surface area contributed by atoms with Crippen molar-refractivity contribution in [3.05, 3.63) is 38.1 Å². The molecule has 0 radical (unpaired) electrons. The summed E-state index contributed by atoms with van der Waals surface area (Å²) in [5, 5.41) is 1.09.